The average molecular weight is 252 g/mol. The smallest absolute Gasteiger partial charge is 0.333 e. The van der Waals surface area contributed by atoms with Crippen LogP contribution in [0.4, 0.5) is 11.5 Å². The summed E-state index contributed by atoms with van der Waals surface area (Å²) in [4.78, 5) is 10.8. The molecule has 6 heteroatoms. The van der Waals surface area contributed by atoms with Gasteiger partial charge >= 0.3 is 5.69 Å². The molecule has 0 saturated heterocycles. The summed E-state index contributed by atoms with van der Waals surface area (Å²) < 4.78 is 1.73. The predicted molar refractivity (Wildman–Crippen MR) is 69.7 cm³/mol. The average Bonchev–Trinajstić information content (AvgIpc) is 2.98. The molecule has 100 valence electrons. The van der Waals surface area contributed by atoms with Crippen LogP contribution in [0.25, 0.3) is 0 Å². The van der Waals surface area contributed by atoms with E-state index in [0.717, 1.165) is 19.3 Å². The van der Waals surface area contributed by atoms with E-state index in [4.69, 9.17) is 0 Å². The first-order chi connectivity index (χ1) is 8.58. The summed E-state index contributed by atoms with van der Waals surface area (Å²) in [5, 5.41) is 18.7. The standard InChI is InChI=1S/C12H20N4O2/c1-4-6-15-12(13-10-7-9(10)5-2)11(16(17)18)8(3)14-15/h9-10,13H,4-7H2,1-3H3. The fourth-order valence-corrected chi connectivity index (χ4v) is 2.36. The number of nitro groups is 1. The van der Waals surface area contributed by atoms with Crippen molar-refractivity contribution in [3.05, 3.63) is 15.8 Å². The predicted octanol–water partition coefficient (Wildman–Crippen LogP) is 2.72. The summed E-state index contributed by atoms with van der Waals surface area (Å²) in [5.41, 5.74) is 0.620. The molecule has 6 nitrogen and oxygen atoms in total. The first-order valence-corrected chi connectivity index (χ1v) is 6.56. The molecular formula is C12H20N4O2. The number of hydrogen-bond donors (Lipinski definition) is 1. The number of rotatable bonds is 6. The van der Waals surface area contributed by atoms with Crippen LogP contribution in [0.1, 0.15) is 38.8 Å². The Morgan fingerprint density at radius 1 is 1.56 bits per heavy atom. The highest BCUT2D eigenvalue weighted by atomic mass is 16.6. The minimum absolute atomic E-state index is 0.130. The Bertz CT molecular complexity index is 455. The first-order valence-electron chi connectivity index (χ1n) is 6.56. The van der Waals surface area contributed by atoms with Crippen LogP contribution >= 0.6 is 0 Å². The summed E-state index contributed by atoms with van der Waals surface area (Å²) in [7, 11) is 0. The third-order valence-electron chi connectivity index (χ3n) is 3.48. The number of nitrogens with one attached hydrogen (secondary N) is 1. The van der Waals surface area contributed by atoms with Crippen LogP contribution in [0.3, 0.4) is 0 Å². The second-order valence-corrected chi connectivity index (χ2v) is 4.92. The zero-order valence-corrected chi connectivity index (χ0v) is 11.1. The van der Waals surface area contributed by atoms with Gasteiger partial charge in [0.15, 0.2) is 0 Å². The summed E-state index contributed by atoms with van der Waals surface area (Å²) in [5.74, 6) is 1.23. The van der Waals surface area contributed by atoms with Crippen LogP contribution in [0.15, 0.2) is 0 Å². The fraction of sp³-hybridized carbons (Fsp3) is 0.750. The Morgan fingerprint density at radius 3 is 2.78 bits per heavy atom. The lowest BCUT2D eigenvalue weighted by Gasteiger charge is -2.07. The van der Waals surface area contributed by atoms with Crippen molar-refractivity contribution in [1.82, 2.24) is 9.78 Å². The van der Waals surface area contributed by atoms with Gasteiger partial charge in [-0.2, -0.15) is 5.10 Å². The number of aryl methyl sites for hydroxylation is 2. The van der Waals surface area contributed by atoms with E-state index in [-0.39, 0.29) is 10.6 Å². The Labute approximate surface area is 107 Å². The normalized spacial score (nSPS) is 21.9. The van der Waals surface area contributed by atoms with Gasteiger partial charge in [0.2, 0.25) is 5.82 Å². The lowest BCUT2D eigenvalue weighted by atomic mass is 10.3. The van der Waals surface area contributed by atoms with E-state index in [0.29, 0.717) is 30.0 Å². The molecule has 1 fully saturated rings. The number of nitrogens with zero attached hydrogens (tertiary/aromatic N) is 3. The number of anilines is 1. The van der Waals surface area contributed by atoms with E-state index in [1.807, 2.05) is 6.92 Å². The molecule has 0 aliphatic heterocycles. The van der Waals surface area contributed by atoms with Crippen molar-refractivity contribution in [3.63, 3.8) is 0 Å². The Kier molecular flexibility index (Phi) is 3.54. The van der Waals surface area contributed by atoms with Crippen molar-refractivity contribution in [1.29, 1.82) is 0 Å². The molecule has 1 saturated carbocycles. The molecule has 2 atom stereocenters. The van der Waals surface area contributed by atoms with E-state index in [1.165, 1.54) is 0 Å². The summed E-state index contributed by atoms with van der Waals surface area (Å²) in [6.45, 7) is 6.59. The molecule has 18 heavy (non-hydrogen) atoms. The third-order valence-corrected chi connectivity index (χ3v) is 3.48. The maximum absolute atomic E-state index is 11.1. The minimum Gasteiger partial charge on any atom is -0.362 e. The van der Waals surface area contributed by atoms with Gasteiger partial charge in [0, 0.05) is 12.6 Å². The molecule has 1 heterocycles. The quantitative estimate of drug-likeness (QED) is 0.624. The van der Waals surface area contributed by atoms with Gasteiger partial charge in [-0.05, 0) is 25.7 Å². The zero-order valence-electron chi connectivity index (χ0n) is 11.1. The first kappa shape index (κ1) is 12.9. The van der Waals surface area contributed by atoms with Crippen molar-refractivity contribution in [2.24, 2.45) is 5.92 Å². The molecule has 0 aromatic carbocycles. The zero-order chi connectivity index (χ0) is 13.3. The molecule has 1 aromatic rings. The topological polar surface area (TPSA) is 73.0 Å². The van der Waals surface area contributed by atoms with Crippen molar-refractivity contribution < 1.29 is 4.92 Å². The minimum atomic E-state index is -0.333. The van der Waals surface area contributed by atoms with Gasteiger partial charge < -0.3 is 5.32 Å². The van der Waals surface area contributed by atoms with Gasteiger partial charge in [-0.1, -0.05) is 20.3 Å². The van der Waals surface area contributed by atoms with Crippen LogP contribution in [0, 0.1) is 23.0 Å². The van der Waals surface area contributed by atoms with E-state index >= 15 is 0 Å². The summed E-state index contributed by atoms with van der Waals surface area (Å²) >= 11 is 0. The molecule has 0 bridgehead atoms. The third kappa shape index (κ3) is 2.32. The van der Waals surface area contributed by atoms with Gasteiger partial charge in [0.05, 0.1) is 4.92 Å². The molecule has 1 N–H and O–H groups in total. The van der Waals surface area contributed by atoms with Crippen LogP contribution in [0.2, 0.25) is 0 Å². The lowest BCUT2D eigenvalue weighted by Crippen LogP contribution is -2.12. The van der Waals surface area contributed by atoms with Crippen LogP contribution in [-0.4, -0.2) is 20.7 Å². The fourth-order valence-electron chi connectivity index (χ4n) is 2.36. The Balaban J connectivity index is 2.26. The second-order valence-electron chi connectivity index (χ2n) is 4.92. The van der Waals surface area contributed by atoms with Crippen molar-refractivity contribution >= 4 is 11.5 Å². The van der Waals surface area contributed by atoms with Gasteiger partial charge in [0.1, 0.15) is 5.69 Å². The number of aromatic nitrogens is 2. The van der Waals surface area contributed by atoms with Crippen molar-refractivity contribution in [3.8, 4) is 0 Å². The van der Waals surface area contributed by atoms with Crippen molar-refractivity contribution in [2.45, 2.75) is 52.6 Å². The van der Waals surface area contributed by atoms with Gasteiger partial charge in [-0.25, -0.2) is 4.68 Å². The molecule has 2 rings (SSSR count). The lowest BCUT2D eigenvalue weighted by molar-refractivity contribution is -0.384. The monoisotopic (exact) mass is 252 g/mol. The second kappa shape index (κ2) is 4.96. The van der Waals surface area contributed by atoms with Crippen molar-refractivity contribution in [2.75, 3.05) is 5.32 Å². The highest BCUT2D eigenvalue weighted by Gasteiger charge is 2.38. The SMILES string of the molecule is CCCn1nc(C)c([N+](=O)[O-])c1NC1CC1CC. The molecular weight excluding hydrogens is 232 g/mol. The maximum atomic E-state index is 11.1. The molecule has 1 aliphatic carbocycles. The van der Waals surface area contributed by atoms with E-state index < -0.39 is 0 Å². The Hall–Kier alpha value is -1.59. The van der Waals surface area contributed by atoms with Crippen LogP contribution in [0.5, 0.6) is 0 Å². The molecule has 0 amide bonds. The van der Waals surface area contributed by atoms with Gasteiger partial charge in [-0.15, -0.1) is 0 Å². The summed E-state index contributed by atoms with van der Waals surface area (Å²) in [6.07, 6.45) is 3.13. The van der Waals surface area contributed by atoms with E-state index in [2.05, 4.69) is 17.3 Å². The van der Waals surface area contributed by atoms with Gasteiger partial charge in [-0.3, -0.25) is 10.1 Å². The molecule has 1 aromatic heterocycles. The van der Waals surface area contributed by atoms with Crippen LogP contribution in [-0.2, 0) is 6.54 Å². The number of hydrogen-bond acceptors (Lipinski definition) is 4. The summed E-state index contributed by atoms with van der Waals surface area (Å²) in [6, 6.07) is 0.375. The highest BCUT2D eigenvalue weighted by molar-refractivity contribution is 5.60. The largest absolute Gasteiger partial charge is 0.362 e. The Morgan fingerprint density at radius 2 is 2.28 bits per heavy atom. The van der Waals surface area contributed by atoms with E-state index in [9.17, 15) is 10.1 Å². The highest BCUT2D eigenvalue weighted by Crippen LogP contribution is 2.39. The van der Waals surface area contributed by atoms with Gasteiger partial charge in [0.25, 0.3) is 0 Å². The maximum Gasteiger partial charge on any atom is 0.333 e. The van der Waals surface area contributed by atoms with Crippen LogP contribution < -0.4 is 5.32 Å². The molecule has 0 radical (unpaired) electrons. The molecule has 1 aliphatic rings. The van der Waals surface area contributed by atoms with E-state index in [1.54, 1.807) is 11.6 Å². The molecule has 2 unspecified atom stereocenters. The molecule has 0 spiro atoms.